The van der Waals surface area contributed by atoms with E-state index in [1.807, 2.05) is 12.1 Å². The van der Waals surface area contributed by atoms with Crippen LogP contribution in [0.5, 0.6) is 0 Å². The number of amides is 1. The van der Waals surface area contributed by atoms with Gasteiger partial charge in [-0.25, -0.2) is 0 Å². The highest BCUT2D eigenvalue weighted by Crippen LogP contribution is 2.19. The molecule has 1 aromatic heterocycles. The van der Waals surface area contributed by atoms with Gasteiger partial charge in [0, 0.05) is 49.7 Å². The van der Waals surface area contributed by atoms with Crippen molar-refractivity contribution in [2.24, 2.45) is 0 Å². The standard InChI is InChI=1S/C24H29N3O2/c28-24(11-5-8-20-17-25-23-10-4-3-9-22(20)23)26-16-19-6-1-2-7-21(19)18-27-12-14-29-15-13-27/h1-4,6-7,9-10,17,25H,5,8,11-16,18H2,(H,26,28). The van der Waals surface area contributed by atoms with Gasteiger partial charge in [-0.05, 0) is 35.6 Å². The lowest BCUT2D eigenvalue weighted by Gasteiger charge is -2.27. The first-order valence-electron chi connectivity index (χ1n) is 10.5. The predicted molar refractivity (Wildman–Crippen MR) is 116 cm³/mol. The van der Waals surface area contributed by atoms with Crippen molar-refractivity contribution in [3.63, 3.8) is 0 Å². The van der Waals surface area contributed by atoms with Gasteiger partial charge in [-0.15, -0.1) is 0 Å². The van der Waals surface area contributed by atoms with Crippen molar-refractivity contribution in [3.8, 4) is 0 Å². The minimum Gasteiger partial charge on any atom is -0.379 e. The Morgan fingerprint density at radius 1 is 1.00 bits per heavy atom. The molecule has 29 heavy (non-hydrogen) atoms. The van der Waals surface area contributed by atoms with Crippen LogP contribution in [-0.4, -0.2) is 42.1 Å². The maximum Gasteiger partial charge on any atom is 0.220 e. The van der Waals surface area contributed by atoms with Crippen LogP contribution in [0.4, 0.5) is 0 Å². The molecule has 0 unspecified atom stereocenters. The molecular formula is C24H29N3O2. The molecule has 2 heterocycles. The molecule has 2 aromatic carbocycles. The number of morpholine rings is 1. The maximum atomic E-state index is 12.4. The molecule has 0 saturated carbocycles. The molecule has 2 N–H and O–H groups in total. The first kappa shape index (κ1) is 19.7. The summed E-state index contributed by atoms with van der Waals surface area (Å²) >= 11 is 0. The van der Waals surface area contributed by atoms with Gasteiger partial charge < -0.3 is 15.0 Å². The van der Waals surface area contributed by atoms with Crippen LogP contribution in [0.1, 0.15) is 29.5 Å². The van der Waals surface area contributed by atoms with Gasteiger partial charge in [0.15, 0.2) is 0 Å². The number of rotatable bonds is 8. The lowest BCUT2D eigenvalue weighted by Crippen LogP contribution is -2.36. The highest BCUT2D eigenvalue weighted by atomic mass is 16.5. The van der Waals surface area contributed by atoms with Crippen molar-refractivity contribution < 1.29 is 9.53 Å². The molecule has 1 aliphatic rings. The van der Waals surface area contributed by atoms with E-state index in [9.17, 15) is 4.79 Å². The number of carbonyl (C=O) groups is 1. The third kappa shape index (κ3) is 5.25. The molecule has 3 aromatic rings. The van der Waals surface area contributed by atoms with E-state index in [-0.39, 0.29) is 5.91 Å². The number of aromatic nitrogens is 1. The van der Waals surface area contributed by atoms with Gasteiger partial charge in [0.05, 0.1) is 13.2 Å². The van der Waals surface area contributed by atoms with Crippen LogP contribution in [0.3, 0.4) is 0 Å². The van der Waals surface area contributed by atoms with E-state index in [1.165, 1.54) is 22.1 Å². The number of benzene rings is 2. The molecular weight excluding hydrogens is 362 g/mol. The van der Waals surface area contributed by atoms with Crippen molar-refractivity contribution in [1.29, 1.82) is 0 Å². The average molecular weight is 392 g/mol. The van der Waals surface area contributed by atoms with Gasteiger partial charge in [-0.1, -0.05) is 42.5 Å². The van der Waals surface area contributed by atoms with Gasteiger partial charge >= 0.3 is 0 Å². The minimum atomic E-state index is 0.117. The Hall–Kier alpha value is -2.63. The summed E-state index contributed by atoms with van der Waals surface area (Å²) in [4.78, 5) is 18.1. The summed E-state index contributed by atoms with van der Waals surface area (Å²) in [7, 11) is 0. The summed E-state index contributed by atoms with van der Waals surface area (Å²) in [6, 6.07) is 16.7. The number of aryl methyl sites for hydroxylation is 1. The van der Waals surface area contributed by atoms with Crippen LogP contribution in [0.25, 0.3) is 10.9 Å². The van der Waals surface area contributed by atoms with E-state index in [0.29, 0.717) is 13.0 Å². The smallest absolute Gasteiger partial charge is 0.220 e. The third-order valence-corrected chi connectivity index (χ3v) is 5.62. The van der Waals surface area contributed by atoms with E-state index in [2.05, 4.69) is 57.8 Å². The second-order valence-electron chi connectivity index (χ2n) is 7.65. The van der Waals surface area contributed by atoms with Gasteiger partial charge in [0.1, 0.15) is 0 Å². The minimum absolute atomic E-state index is 0.117. The van der Waals surface area contributed by atoms with Crippen LogP contribution in [0.15, 0.2) is 54.7 Å². The van der Waals surface area contributed by atoms with Crippen molar-refractivity contribution in [3.05, 3.63) is 71.4 Å². The quantitative estimate of drug-likeness (QED) is 0.616. The Balaban J connectivity index is 1.25. The maximum absolute atomic E-state index is 12.4. The zero-order valence-corrected chi connectivity index (χ0v) is 16.8. The summed E-state index contributed by atoms with van der Waals surface area (Å²) < 4.78 is 5.43. The zero-order valence-electron chi connectivity index (χ0n) is 16.8. The van der Waals surface area contributed by atoms with Crippen LogP contribution in [0, 0.1) is 0 Å². The highest BCUT2D eigenvalue weighted by Gasteiger charge is 2.13. The topological polar surface area (TPSA) is 57.4 Å². The van der Waals surface area contributed by atoms with Crippen molar-refractivity contribution >= 4 is 16.8 Å². The third-order valence-electron chi connectivity index (χ3n) is 5.62. The van der Waals surface area contributed by atoms with E-state index in [1.54, 1.807) is 0 Å². The summed E-state index contributed by atoms with van der Waals surface area (Å²) in [6.45, 7) is 5.04. The van der Waals surface area contributed by atoms with Gasteiger partial charge in [0.25, 0.3) is 0 Å². The predicted octanol–water partition coefficient (Wildman–Crippen LogP) is 3.64. The largest absolute Gasteiger partial charge is 0.379 e. The van der Waals surface area contributed by atoms with Crippen molar-refractivity contribution in [1.82, 2.24) is 15.2 Å². The number of hydrogen-bond acceptors (Lipinski definition) is 3. The average Bonchev–Trinajstić information content (AvgIpc) is 3.17. The number of aromatic amines is 1. The number of H-pyrrole nitrogens is 1. The Kier molecular flexibility index (Phi) is 6.60. The van der Waals surface area contributed by atoms with Crippen LogP contribution >= 0.6 is 0 Å². The highest BCUT2D eigenvalue weighted by molar-refractivity contribution is 5.83. The molecule has 152 valence electrons. The van der Waals surface area contributed by atoms with E-state index in [4.69, 9.17) is 4.74 Å². The van der Waals surface area contributed by atoms with E-state index in [0.717, 1.165) is 51.2 Å². The SMILES string of the molecule is O=C(CCCc1c[nH]c2ccccc12)NCc1ccccc1CN1CCOCC1. The Labute approximate surface area is 172 Å². The van der Waals surface area contributed by atoms with Crippen LogP contribution < -0.4 is 5.32 Å². The molecule has 5 heteroatoms. The van der Waals surface area contributed by atoms with Crippen molar-refractivity contribution in [2.45, 2.75) is 32.4 Å². The molecule has 0 spiro atoms. The van der Waals surface area contributed by atoms with Gasteiger partial charge in [-0.2, -0.15) is 0 Å². The Morgan fingerprint density at radius 3 is 2.62 bits per heavy atom. The molecule has 1 amide bonds. The van der Waals surface area contributed by atoms with Crippen LogP contribution in [-0.2, 0) is 29.0 Å². The molecule has 0 atom stereocenters. The van der Waals surface area contributed by atoms with E-state index >= 15 is 0 Å². The lowest BCUT2D eigenvalue weighted by molar-refractivity contribution is -0.121. The normalized spacial score (nSPS) is 14.9. The molecule has 1 saturated heterocycles. The summed E-state index contributed by atoms with van der Waals surface area (Å²) in [6.07, 6.45) is 4.36. The van der Waals surface area contributed by atoms with Gasteiger partial charge in [-0.3, -0.25) is 9.69 Å². The second kappa shape index (κ2) is 9.72. The number of fused-ring (bicyclic) bond motifs is 1. The fourth-order valence-corrected chi connectivity index (χ4v) is 3.94. The number of nitrogens with zero attached hydrogens (tertiary/aromatic N) is 1. The fraction of sp³-hybridized carbons (Fsp3) is 0.375. The fourth-order valence-electron chi connectivity index (χ4n) is 3.94. The number of hydrogen-bond donors (Lipinski definition) is 2. The Bertz CT molecular complexity index is 944. The number of ether oxygens (including phenoxy) is 1. The molecule has 1 aliphatic heterocycles. The number of carbonyl (C=O) groups excluding carboxylic acids is 1. The van der Waals surface area contributed by atoms with E-state index < -0.39 is 0 Å². The molecule has 1 fully saturated rings. The summed E-state index contributed by atoms with van der Waals surface area (Å²) in [5.74, 6) is 0.117. The second-order valence-corrected chi connectivity index (χ2v) is 7.65. The number of para-hydroxylation sites is 1. The first-order chi connectivity index (χ1) is 14.3. The number of nitrogens with one attached hydrogen (secondary N) is 2. The van der Waals surface area contributed by atoms with Gasteiger partial charge in [0.2, 0.25) is 5.91 Å². The molecule has 0 aliphatic carbocycles. The first-order valence-corrected chi connectivity index (χ1v) is 10.5. The molecule has 5 nitrogen and oxygen atoms in total. The molecule has 0 bridgehead atoms. The summed E-state index contributed by atoms with van der Waals surface area (Å²) in [5, 5.41) is 4.36. The van der Waals surface area contributed by atoms with Crippen LogP contribution in [0.2, 0.25) is 0 Å². The zero-order chi connectivity index (χ0) is 19.9. The monoisotopic (exact) mass is 391 g/mol. The Morgan fingerprint density at radius 2 is 1.76 bits per heavy atom. The molecule has 0 radical (unpaired) electrons. The lowest BCUT2D eigenvalue weighted by atomic mass is 10.1. The summed E-state index contributed by atoms with van der Waals surface area (Å²) in [5.41, 5.74) is 4.92. The molecule has 4 rings (SSSR count). The van der Waals surface area contributed by atoms with Crippen molar-refractivity contribution in [2.75, 3.05) is 26.3 Å².